The van der Waals surface area contributed by atoms with Crippen LogP contribution in [0.2, 0.25) is 0 Å². The number of H-pyrrole nitrogens is 1. The van der Waals surface area contributed by atoms with Gasteiger partial charge in [0.1, 0.15) is 5.82 Å². The highest BCUT2D eigenvalue weighted by atomic mass is 16.5. The van der Waals surface area contributed by atoms with Gasteiger partial charge in [0.15, 0.2) is 12.3 Å². The van der Waals surface area contributed by atoms with Gasteiger partial charge in [-0.1, -0.05) is 49.4 Å². The molecule has 2 aromatic carbocycles. The number of ether oxygens (including phenoxy) is 1. The van der Waals surface area contributed by atoms with E-state index in [9.17, 15) is 24.0 Å². The number of esters is 1. The maximum absolute atomic E-state index is 13.0. The van der Waals surface area contributed by atoms with Gasteiger partial charge in [-0.25, -0.2) is 4.79 Å². The number of carbonyl (C=O) groups is 3. The predicted molar refractivity (Wildman–Crippen MR) is 147 cm³/mol. The number of carbonyl (C=O) groups excluding carboxylic acids is 3. The molecule has 1 saturated heterocycles. The largest absolute Gasteiger partial charge is 0.455 e. The average Bonchev–Trinajstić information content (AvgIpc) is 3.34. The van der Waals surface area contributed by atoms with Gasteiger partial charge >= 0.3 is 11.7 Å². The number of hydrogen-bond acceptors (Lipinski definition) is 7. The molecule has 0 bridgehead atoms. The van der Waals surface area contributed by atoms with Gasteiger partial charge < -0.3 is 20.3 Å². The Hall–Kier alpha value is -4.67. The molecule has 0 radical (unpaired) electrons. The van der Waals surface area contributed by atoms with E-state index in [2.05, 4.69) is 4.98 Å². The number of hydrogen-bond donors (Lipinski definition) is 2. The van der Waals surface area contributed by atoms with E-state index in [1.54, 1.807) is 31.2 Å². The minimum Gasteiger partial charge on any atom is -0.455 e. The molecular weight excluding hydrogens is 502 g/mol. The molecule has 204 valence electrons. The van der Waals surface area contributed by atoms with Crippen molar-refractivity contribution in [1.29, 1.82) is 0 Å². The Labute approximate surface area is 224 Å². The summed E-state index contributed by atoms with van der Waals surface area (Å²) in [4.78, 5) is 68.3. The minimum atomic E-state index is -0.825. The summed E-state index contributed by atoms with van der Waals surface area (Å²) in [6.07, 6.45) is 0.842. The summed E-state index contributed by atoms with van der Waals surface area (Å²) in [6, 6.07) is 16.6. The van der Waals surface area contributed by atoms with Crippen LogP contribution in [0.3, 0.4) is 0 Å². The van der Waals surface area contributed by atoms with Crippen LogP contribution in [-0.4, -0.2) is 47.0 Å². The van der Waals surface area contributed by atoms with Crippen molar-refractivity contribution in [2.75, 3.05) is 35.2 Å². The number of likely N-dealkylation sites (N-methyl/N-ethyl adjacent to an activating group) is 1. The van der Waals surface area contributed by atoms with Crippen LogP contribution in [0.4, 0.5) is 17.2 Å². The van der Waals surface area contributed by atoms with Gasteiger partial charge in [-0.15, -0.1) is 0 Å². The van der Waals surface area contributed by atoms with Crippen LogP contribution in [0.25, 0.3) is 0 Å². The SMILES string of the molecule is CCc1ccc(N2C[C@H](C(=O)OCC(=O)N(CC)c3c(N)n(Cc4ccccc4)c(=O)[nH]c3=O)CC2=O)cc1. The van der Waals surface area contributed by atoms with Gasteiger partial charge in [0.05, 0.1) is 12.5 Å². The molecule has 0 unspecified atom stereocenters. The summed E-state index contributed by atoms with van der Waals surface area (Å²) < 4.78 is 6.43. The maximum atomic E-state index is 13.0. The van der Waals surface area contributed by atoms with Crippen LogP contribution in [0, 0.1) is 5.92 Å². The monoisotopic (exact) mass is 533 g/mol. The third-order valence-corrected chi connectivity index (χ3v) is 6.74. The molecule has 1 aromatic heterocycles. The molecule has 1 aliphatic heterocycles. The Morgan fingerprint density at radius 2 is 1.72 bits per heavy atom. The van der Waals surface area contributed by atoms with E-state index in [1.807, 2.05) is 37.3 Å². The topological polar surface area (TPSA) is 148 Å². The van der Waals surface area contributed by atoms with Crippen molar-refractivity contribution in [1.82, 2.24) is 9.55 Å². The molecule has 0 spiro atoms. The second kappa shape index (κ2) is 11.8. The summed E-state index contributed by atoms with van der Waals surface area (Å²) in [7, 11) is 0. The van der Waals surface area contributed by atoms with Crippen molar-refractivity contribution < 1.29 is 19.1 Å². The zero-order valence-corrected chi connectivity index (χ0v) is 21.9. The maximum Gasteiger partial charge on any atom is 0.330 e. The molecule has 39 heavy (non-hydrogen) atoms. The number of nitrogen functional groups attached to an aromatic ring is 1. The smallest absolute Gasteiger partial charge is 0.330 e. The Balaban J connectivity index is 1.45. The molecule has 11 heteroatoms. The molecule has 1 atom stereocenters. The van der Waals surface area contributed by atoms with Crippen LogP contribution < -0.4 is 26.8 Å². The van der Waals surface area contributed by atoms with Crippen molar-refractivity contribution in [3.8, 4) is 0 Å². The lowest BCUT2D eigenvalue weighted by Crippen LogP contribution is -2.43. The number of nitrogens with zero attached hydrogens (tertiary/aromatic N) is 3. The Kier molecular flexibility index (Phi) is 8.28. The van der Waals surface area contributed by atoms with Gasteiger partial charge in [0.2, 0.25) is 5.91 Å². The lowest BCUT2D eigenvalue weighted by atomic mass is 10.1. The van der Waals surface area contributed by atoms with E-state index in [0.29, 0.717) is 5.69 Å². The Morgan fingerprint density at radius 1 is 1.03 bits per heavy atom. The Morgan fingerprint density at radius 3 is 2.36 bits per heavy atom. The van der Waals surface area contributed by atoms with Crippen LogP contribution >= 0.6 is 0 Å². The molecule has 2 heterocycles. The van der Waals surface area contributed by atoms with Crippen molar-refractivity contribution in [3.63, 3.8) is 0 Å². The summed E-state index contributed by atoms with van der Waals surface area (Å²) in [5.41, 5.74) is 7.07. The molecule has 1 aliphatic rings. The van der Waals surface area contributed by atoms with Crippen LogP contribution in [-0.2, 0) is 32.1 Å². The highest BCUT2D eigenvalue weighted by Gasteiger charge is 2.36. The molecular formula is C28H31N5O6. The number of aryl methyl sites for hydroxylation is 1. The molecule has 0 aliphatic carbocycles. The summed E-state index contributed by atoms with van der Waals surface area (Å²) in [6.45, 7) is 3.28. The lowest BCUT2D eigenvalue weighted by molar-refractivity contribution is -0.151. The zero-order chi connectivity index (χ0) is 28.1. The minimum absolute atomic E-state index is 0.0306. The van der Waals surface area contributed by atoms with Crippen LogP contribution in [0.15, 0.2) is 64.2 Å². The third-order valence-electron chi connectivity index (χ3n) is 6.74. The number of rotatable bonds is 9. The fraction of sp³-hybridized carbons (Fsp3) is 0.321. The molecule has 0 saturated carbocycles. The number of amides is 2. The van der Waals surface area contributed by atoms with Gasteiger partial charge in [-0.05, 0) is 36.6 Å². The first kappa shape index (κ1) is 27.4. The molecule has 4 rings (SSSR count). The number of nitrogens with one attached hydrogen (secondary N) is 1. The molecule has 3 aromatic rings. The first-order valence-electron chi connectivity index (χ1n) is 12.8. The average molecular weight is 534 g/mol. The van der Waals surface area contributed by atoms with Crippen LogP contribution in [0.1, 0.15) is 31.4 Å². The molecule has 2 amide bonds. The quantitative estimate of drug-likeness (QED) is 0.398. The zero-order valence-electron chi connectivity index (χ0n) is 21.9. The lowest BCUT2D eigenvalue weighted by Gasteiger charge is -2.23. The first-order chi connectivity index (χ1) is 18.7. The fourth-order valence-electron chi connectivity index (χ4n) is 4.58. The van der Waals surface area contributed by atoms with E-state index < -0.39 is 35.7 Å². The predicted octanol–water partition coefficient (Wildman–Crippen LogP) is 1.68. The fourth-order valence-corrected chi connectivity index (χ4v) is 4.58. The van der Waals surface area contributed by atoms with Crippen molar-refractivity contribution in [2.24, 2.45) is 5.92 Å². The number of anilines is 3. The van der Waals surface area contributed by atoms with E-state index >= 15 is 0 Å². The molecule has 1 fully saturated rings. The number of benzene rings is 2. The summed E-state index contributed by atoms with van der Waals surface area (Å²) in [5, 5.41) is 0. The van der Waals surface area contributed by atoms with E-state index in [0.717, 1.165) is 22.4 Å². The number of aromatic nitrogens is 2. The second-order valence-corrected chi connectivity index (χ2v) is 9.24. The standard InChI is InChI=1S/C28H31N5O6/c1-3-18-10-12-21(13-11-18)32-16-20(14-22(32)34)27(37)39-17-23(35)31(4-2)24-25(29)33(28(38)30-26(24)36)15-19-8-6-5-7-9-19/h5-13,20H,3-4,14-17,29H2,1-2H3,(H,30,36,38)/t20-/m1/s1. The highest BCUT2D eigenvalue weighted by Crippen LogP contribution is 2.26. The normalized spacial score (nSPS) is 14.9. The van der Waals surface area contributed by atoms with Crippen molar-refractivity contribution in [3.05, 3.63) is 86.6 Å². The third kappa shape index (κ3) is 5.92. The summed E-state index contributed by atoms with van der Waals surface area (Å²) in [5.74, 6) is -2.49. The van der Waals surface area contributed by atoms with E-state index in [4.69, 9.17) is 10.5 Å². The van der Waals surface area contributed by atoms with Gasteiger partial charge in [-0.2, -0.15) is 0 Å². The van der Waals surface area contributed by atoms with Gasteiger partial charge in [0.25, 0.3) is 11.5 Å². The van der Waals surface area contributed by atoms with E-state index in [-0.39, 0.29) is 43.5 Å². The molecule has 3 N–H and O–H groups in total. The number of aromatic amines is 1. The summed E-state index contributed by atoms with van der Waals surface area (Å²) >= 11 is 0. The van der Waals surface area contributed by atoms with Gasteiger partial charge in [0, 0.05) is 25.2 Å². The van der Waals surface area contributed by atoms with Crippen molar-refractivity contribution >= 4 is 35.0 Å². The van der Waals surface area contributed by atoms with Crippen LogP contribution in [0.5, 0.6) is 0 Å². The number of nitrogens with two attached hydrogens (primary N) is 1. The van der Waals surface area contributed by atoms with E-state index in [1.165, 1.54) is 9.47 Å². The molecule has 11 nitrogen and oxygen atoms in total. The van der Waals surface area contributed by atoms with Crippen molar-refractivity contribution in [2.45, 2.75) is 33.2 Å². The second-order valence-electron chi connectivity index (χ2n) is 9.24. The van der Waals surface area contributed by atoms with Gasteiger partial charge in [-0.3, -0.25) is 28.7 Å². The highest BCUT2D eigenvalue weighted by molar-refractivity contribution is 6.00. The Bertz CT molecular complexity index is 1480. The first-order valence-corrected chi connectivity index (χ1v) is 12.8.